The molecule has 1 aromatic carbocycles. The van der Waals surface area contributed by atoms with Crippen molar-refractivity contribution in [3.8, 4) is 0 Å². The van der Waals surface area contributed by atoms with Gasteiger partial charge in [0.2, 0.25) is 11.8 Å². The highest BCUT2D eigenvalue weighted by molar-refractivity contribution is 5.79. The quantitative estimate of drug-likeness (QED) is 0.883. The van der Waals surface area contributed by atoms with Crippen LogP contribution in [0.5, 0.6) is 0 Å². The van der Waals surface area contributed by atoms with Gasteiger partial charge in [0.05, 0.1) is 6.42 Å². The molecule has 1 aliphatic rings. The summed E-state index contributed by atoms with van der Waals surface area (Å²) < 4.78 is 13.0. The zero-order chi connectivity index (χ0) is 17.7. The highest BCUT2D eigenvalue weighted by Gasteiger charge is 2.26. The van der Waals surface area contributed by atoms with E-state index in [1.54, 1.807) is 9.80 Å². The van der Waals surface area contributed by atoms with Gasteiger partial charge in [0.1, 0.15) is 5.82 Å². The van der Waals surface area contributed by atoms with Crippen LogP contribution in [-0.2, 0) is 14.4 Å². The smallest absolute Gasteiger partial charge is 0.303 e. The van der Waals surface area contributed by atoms with E-state index in [1.807, 2.05) is 0 Å². The van der Waals surface area contributed by atoms with Crippen LogP contribution >= 0.6 is 0 Å². The van der Waals surface area contributed by atoms with Gasteiger partial charge >= 0.3 is 5.97 Å². The topological polar surface area (TPSA) is 77.9 Å². The summed E-state index contributed by atoms with van der Waals surface area (Å²) in [5.41, 5.74) is 0.634. The van der Waals surface area contributed by atoms with Crippen LogP contribution in [0.25, 0.3) is 0 Å². The molecule has 1 aliphatic heterocycles. The van der Waals surface area contributed by atoms with E-state index in [0.717, 1.165) is 0 Å². The Labute approximate surface area is 139 Å². The van der Waals surface area contributed by atoms with E-state index in [0.29, 0.717) is 31.7 Å². The molecule has 0 aromatic heterocycles. The molecule has 0 bridgehead atoms. The van der Waals surface area contributed by atoms with Gasteiger partial charge in [-0.05, 0) is 17.7 Å². The second-order valence-corrected chi connectivity index (χ2v) is 5.94. The Hall–Kier alpha value is -2.44. The first-order chi connectivity index (χ1) is 11.4. The second-order valence-electron chi connectivity index (χ2n) is 5.94. The van der Waals surface area contributed by atoms with Gasteiger partial charge in [0.15, 0.2) is 0 Å². The lowest BCUT2D eigenvalue weighted by Gasteiger charge is -2.35. The van der Waals surface area contributed by atoms with Gasteiger partial charge in [-0.25, -0.2) is 4.39 Å². The predicted octanol–water partition coefficient (Wildman–Crippen LogP) is 1.46. The van der Waals surface area contributed by atoms with Crippen LogP contribution in [0.2, 0.25) is 0 Å². The summed E-state index contributed by atoms with van der Waals surface area (Å²) in [7, 11) is 0. The van der Waals surface area contributed by atoms with Crippen LogP contribution in [0.15, 0.2) is 24.3 Å². The van der Waals surface area contributed by atoms with Crippen LogP contribution in [0, 0.1) is 5.82 Å². The average molecular weight is 336 g/mol. The largest absolute Gasteiger partial charge is 0.481 e. The van der Waals surface area contributed by atoms with E-state index >= 15 is 0 Å². The Bertz CT molecular complexity index is 610. The molecule has 1 atom stereocenters. The van der Waals surface area contributed by atoms with Gasteiger partial charge in [-0.3, -0.25) is 14.4 Å². The molecule has 2 amide bonds. The lowest BCUT2D eigenvalue weighted by molar-refractivity contribution is -0.140. The lowest BCUT2D eigenvalue weighted by Crippen LogP contribution is -2.50. The summed E-state index contributed by atoms with van der Waals surface area (Å²) in [5.74, 6) is -2.06. The summed E-state index contributed by atoms with van der Waals surface area (Å²) in [5, 5.41) is 9.08. The number of amides is 2. The highest BCUT2D eigenvalue weighted by Crippen LogP contribution is 2.25. The minimum atomic E-state index is -1.00. The van der Waals surface area contributed by atoms with Crippen molar-refractivity contribution in [3.63, 3.8) is 0 Å². The molecule has 0 aliphatic carbocycles. The van der Waals surface area contributed by atoms with Crippen molar-refractivity contribution in [1.29, 1.82) is 0 Å². The van der Waals surface area contributed by atoms with Crippen molar-refractivity contribution in [3.05, 3.63) is 35.6 Å². The number of aliphatic carboxylic acids is 1. The van der Waals surface area contributed by atoms with Crippen LogP contribution in [0.3, 0.4) is 0 Å². The van der Waals surface area contributed by atoms with Crippen molar-refractivity contribution in [2.75, 3.05) is 26.2 Å². The second kappa shape index (κ2) is 7.90. The number of benzene rings is 1. The lowest BCUT2D eigenvalue weighted by atomic mass is 9.92. The van der Waals surface area contributed by atoms with Crippen LogP contribution in [0.4, 0.5) is 4.39 Å². The van der Waals surface area contributed by atoms with E-state index in [9.17, 15) is 18.8 Å². The maximum atomic E-state index is 13.0. The molecule has 0 unspecified atom stereocenters. The Morgan fingerprint density at radius 2 is 1.58 bits per heavy atom. The minimum absolute atomic E-state index is 0.0165. The van der Waals surface area contributed by atoms with Gasteiger partial charge in [-0.15, -0.1) is 0 Å². The average Bonchev–Trinajstić information content (AvgIpc) is 2.54. The maximum Gasteiger partial charge on any atom is 0.303 e. The summed E-state index contributed by atoms with van der Waals surface area (Å²) in [6, 6.07) is 5.56. The first kappa shape index (κ1) is 17.9. The van der Waals surface area contributed by atoms with Crippen molar-refractivity contribution in [1.82, 2.24) is 9.80 Å². The molecule has 130 valence electrons. The molecule has 2 rings (SSSR count). The molecule has 1 saturated heterocycles. The molecule has 1 heterocycles. The molecule has 1 N–H and O–H groups in total. The molecule has 6 nitrogen and oxygen atoms in total. The number of carbonyl (C=O) groups is 3. The molecule has 0 saturated carbocycles. The van der Waals surface area contributed by atoms with Gasteiger partial charge in [-0.2, -0.15) is 0 Å². The Morgan fingerprint density at radius 1 is 1.04 bits per heavy atom. The van der Waals surface area contributed by atoms with E-state index < -0.39 is 17.7 Å². The number of rotatable bonds is 5. The summed E-state index contributed by atoms with van der Waals surface area (Å²) >= 11 is 0. The van der Waals surface area contributed by atoms with E-state index in [1.165, 1.54) is 31.2 Å². The molecular formula is C17H21FN2O4. The number of carbonyl (C=O) groups excluding carboxylic acids is 2. The molecule has 0 radical (unpaired) electrons. The molecule has 7 heteroatoms. The van der Waals surface area contributed by atoms with Gasteiger partial charge in [-0.1, -0.05) is 12.1 Å². The van der Waals surface area contributed by atoms with Crippen molar-refractivity contribution in [2.24, 2.45) is 0 Å². The van der Waals surface area contributed by atoms with Gasteiger partial charge in [0, 0.05) is 45.4 Å². The Morgan fingerprint density at radius 3 is 2.08 bits per heavy atom. The number of nitrogens with zero attached hydrogens (tertiary/aromatic N) is 2. The Balaban J connectivity index is 2.01. The highest BCUT2D eigenvalue weighted by atomic mass is 19.1. The number of carboxylic acids is 1. The first-order valence-corrected chi connectivity index (χ1v) is 7.87. The molecule has 1 aromatic rings. The van der Waals surface area contributed by atoms with Gasteiger partial charge < -0.3 is 14.9 Å². The van der Waals surface area contributed by atoms with Crippen molar-refractivity contribution >= 4 is 17.8 Å². The summed E-state index contributed by atoms with van der Waals surface area (Å²) in [6.07, 6.45) is -0.136. The maximum absolute atomic E-state index is 13.0. The third-order valence-corrected chi connectivity index (χ3v) is 4.26. The molecule has 1 fully saturated rings. The van der Waals surface area contributed by atoms with Gasteiger partial charge in [0.25, 0.3) is 0 Å². The summed E-state index contributed by atoms with van der Waals surface area (Å²) in [4.78, 5) is 38.2. The van der Waals surface area contributed by atoms with Crippen LogP contribution in [-0.4, -0.2) is 58.9 Å². The number of halogens is 1. The van der Waals surface area contributed by atoms with Crippen molar-refractivity contribution < 1.29 is 23.9 Å². The number of carboxylic acid groups (broad SMARTS) is 1. The SMILES string of the molecule is CC(=O)N1CCN(C(=O)C[C@@H](CC(=O)O)c2ccc(F)cc2)CC1. The van der Waals surface area contributed by atoms with E-state index in [2.05, 4.69) is 0 Å². The number of hydrogen-bond acceptors (Lipinski definition) is 3. The van der Waals surface area contributed by atoms with Crippen LogP contribution in [0.1, 0.15) is 31.2 Å². The molecular weight excluding hydrogens is 315 g/mol. The third-order valence-electron chi connectivity index (χ3n) is 4.26. The predicted molar refractivity (Wildman–Crippen MR) is 84.8 cm³/mol. The normalized spacial score (nSPS) is 15.9. The summed E-state index contributed by atoms with van der Waals surface area (Å²) in [6.45, 7) is 3.36. The fourth-order valence-electron chi connectivity index (χ4n) is 2.86. The van der Waals surface area contributed by atoms with Crippen molar-refractivity contribution in [2.45, 2.75) is 25.7 Å². The molecule has 24 heavy (non-hydrogen) atoms. The minimum Gasteiger partial charge on any atom is -0.481 e. The zero-order valence-electron chi connectivity index (χ0n) is 13.6. The number of piperazine rings is 1. The van der Waals surface area contributed by atoms with E-state index in [4.69, 9.17) is 5.11 Å². The Kier molecular flexibility index (Phi) is 5.89. The first-order valence-electron chi connectivity index (χ1n) is 7.87. The zero-order valence-corrected chi connectivity index (χ0v) is 13.6. The molecule has 0 spiro atoms. The standard InChI is InChI=1S/C17H21FN2O4/c1-12(21)19-6-8-20(9-7-19)16(22)10-14(11-17(23)24)13-2-4-15(18)5-3-13/h2-5,14H,6-11H2,1H3,(H,23,24)/t14-/m0/s1. The van der Waals surface area contributed by atoms with Crippen LogP contribution < -0.4 is 0 Å². The monoisotopic (exact) mass is 336 g/mol. The van der Waals surface area contributed by atoms with E-state index in [-0.39, 0.29) is 24.7 Å². The fraction of sp³-hybridized carbons (Fsp3) is 0.471. The third kappa shape index (κ3) is 4.78. The number of hydrogen-bond donors (Lipinski definition) is 1. The fourth-order valence-corrected chi connectivity index (χ4v) is 2.86.